The number of hydrogen-bond donors (Lipinski definition) is 1. The van der Waals surface area contributed by atoms with E-state index in [1.807, 2.05) is 13.8 Å². The molecule has 1 aliphatic heterocycles. The average molecular weight is 392 g/mol. The maximum Gasteiger partial charge on any atom is 0.316 e. The Morgan fingerprint density at radius 3 is 2.52 bits per heavy atom. The van der Waals surface area contributed by atoms with Crippen molar-refractivity contribution in [2.75, 3.05) is 13.1 Å². The quantitative estimate of drug-likeness (QED) is 0.809. The van der Waals surface area contributed by atoms with Crippen LogP contribution in [0.5, 0.6) is 0 Å². The predicted octanol–water partition coefficient (Wildman–Crippen LogP) is 2.44. The van der Waals surface area contributed by atoms with Crippen molar-refractivity contribution < 1.29 is 17.7 Å². The molecule has 0 unspecified atom stereocenters. The molecule has 1 fully saturated rings. The number of nitrogens with one attached hydrogen (secondary N) is 1. The molecular formula is C18H24N4O4S. The zero-order valence-electron chi connectivity index (χ0n) is 15.5. The monoisotopic (exact) mass is 392 g/mol. The molecule has 1 amide bonds. The lowest BCUT2D eigenvalue weighted by Crippen LogP contribution is -2.35. The summed E-state index contributed by atoms with van der Waals surface area (Å²) >= 11 is 0. The van der Waals surface area contributed by atoms with Gasteiger partial charge in [-0.05, 0) is 50.5 Å². The molecule has 1 aromatic carbocycles. The van der Waals surface area contributed by atoms with E-state index >= 15 is 0 Å². The molecule has 0 bridgehead atoms. The van der Waals surface area contributed by atoms with Crippen LogP contribution in [0, 0.1) is 0 Å². The molecule has 0 radical (unpaired) electrons. The van der Waals surface area contributed by atoms with Gasteiger partial charge in [-0.25, -0.2) is 8.42 Å². The number of rotatable bonds is 6. The highest BCUT2D eigenvalue weighted by Crippen LogP contribution is 2.23. The van der Waals surface area contributed by atoms with Crippen LogP contribution in [0.2, 0.25) is 0 Å². The van der Waals surface area contributed by atoms with Gasteiger partial charge in [0.1, 0.15) is 0 Å². The van der Waals surface area contributed by atoms with Gasteiger partial charge in [0, 0.05) is 24.7 Å². The van der Waals surface area contributed by atoms with Gasteiger partial charge in [-0.2, -0.15) is 9.29 Å². The van der Waals surface area contributed by atoms with E-state index < -0.39 is 15.9 Å². The second-order valence-electron chi connectivity index (χ2n) is 6.70. The van der Waals surface area contributed by atoms with Crippen LogP contribution in [0.1, 0.15) is 50.2 Å². The number of carbonyl (C=O) groups is 1. The van der Waals surface area contributed by atoms with Crippen molar-refractivity contribution in [1.82, 2.24) is 19.8 Å². The van der Waals surface area contributed by atoms with Crippen molar-refractivity contribution in [3.05, 3.63) is 30.2 Å². The van der Waals surface area contributed by atoms with Crippen molar-refractivity contribution in [2.24, 2.45) is 0 Å². The van der Waals surface area contributed by atoms with Crippen LogP contribution in [-0.4, -0.2) is 47.9 Å². The maximum absolute atomic E-state index is 12.7. The lowest BCUT2D eigenvalue weighted by Gasteiger charge is -2.25. The molecule has 27 heavy (non-hydrogen) atoms. The first kappa shape index (κ1) is 19.5. The molecule has 1 saturated heterocycles. The number of sulfonamides is 1. The Bertz CT molecular complexity index is 886. The van der Waals surface area contributed by atoms with Crippen molar-refractivity contribution in [3.8, 4) is 11.4 Å². The molecule has 1 aromatic heterocycles. The number of amides is 1. The lowest BCUT2D eigenvalue weighted by atomic mass is 10.2. The highest BCUT2D eigenvalue weighted by Gasteiger charge is 2.26. The third-order valence-electron chi connectivity index (χ3n) is 4.68. The zero-order valence-corrected chi connectivity index (χ0v) is 16.3. The number of aromatic nitrogens is 2. The van der Waals surface area contributed by atoms with Gasteiger partial charge in [-0.15, -0.1) is 0 Å². The molecule has 1 N–H and O–H groups in total. The van der Waals surface area contributed by atoms with Gasteiger partial charge < -0.3 is 9.84 Å². The summed E-state index contributed by atoms with van der Waals surface area (Å²) in [7, 11) is -3.48. The molecule has 9 heteroatoms. The fourth-order valence-electron chi connectivity index (χ4n) is 2.85. The summed E-state index contributed by atoms with van der Waals surface area (Å²) in [5.41, 5.74) is 0.582. The third kappa shape index (κ3) is 4.36. The third-order valence-corrected chi connectivity index (χ3v) is 6.59. The topological polar surface area (TPSA) is 105 Å². The van der Waals surface area contributed by atoms with Crippen molar-refractivity contribution in [3.63, 3.8) is 0 Å². The normalized spacial score (nSPS) is 16.8. The minimum atomic E-state index is -3.48. The molecule has 3 rings (SSSR count). The van der Waals surface area contributed by atoms with E-state index in [1.54, 1.807) is 12.1 Å². The highest BCUT2D eigenvalue weighted by atomic mass is 32.2. The summed E-state index contributed by atoms with van der Waals surface area (Å²) in [6.07, 6.45) is 3.64. The minimum absolute atomic E-state index is 0.00660. The first-order valence-corrected chi connectivity index (χ1v) is 10.6. The molecule has 8 nitrogen and oxygen atoms in total. The lowest BCUT2D eigenvalue weighted by molar-refractivity contribution is 0.0895. The Hall–Kier alpha value is -2.26. The number of piperidine rings is 1. The standard InChI is InChI=1S/C18H24N4O4S/c1-3-13(2)19-17(23)18-20-16(21-26-18)14-7-9-15(10-8-14)27(24,25)22-11-5-4-6-12-22/h7-10,13H,3-6,11-12H2,1-2H3,(H,19,23)/t13-/m0/s1. The van der Waals surface area contributed by atoms with E-state index in [0.29, 0.717) is 18.7 Å². The molecule has 0 saturated carbocycles. The van der Waals surface area contributed by atoms with Gasteiger partial charge >= 0.3 is 11.8 Å². The fourth-order valence-corrected chi connectivity index (χ4v) is 4.37. The first-order valence-electron chi connectivity index (χ1n) is 9.17. The second kappa shape index (κ2) is 8.18. The average Bonchev–Trinajstić information content (AvgIpc) is 3.19. The van der Waals surface area contributed by atoms with Gasteiger partial charge in [-0.3, -0.25) is 4.79 Å². The van der Waals surface area contributed by atoms with Gasteiger partial charge in [0.05, 0.1) is 4.90 Å². The van der Waals surface area contributed by atoms with E-state index in [9.17, 15) is 13.2 Å². The Morgan fingerprint density at radius 2 is 1.89 bits per heavy atom. The molecule has 0 aliphatic carbocycles. The predicted molar refractivity (Wildman–Crippen MR) is 99.6 cm³/mol. The highest BCUT2D eigenvalue weighted by molar-refractivity contribution is 7.89. The SMILES string of the molecule is CC[C@H](C)NC(=O)c1nc(-c2ccc(S(=O)(=O)N3CCCCC3)cc2)no1. The van der Waals surface area contributed by atoms with Crippen LogP contribution in [0.25, 0.3) is 11.4 Å². The summed E-state index contributed by atoms with van der Waals surface area (Å²) in [4.78, 5) is 16.4. The fraction of sp³-hybridized carbons (Fsp3) is 0.500. The van der Waals surface area contributed by atoms with Crippen molar-refractivity contribution in [2.45, 2.75) is 50.5 Å². The van der Waals surface area contributed by atoms with E-state index in [1.165, 1.54) is 16.4 Å². The maximum atomic E-state index is 12.7. The Kier molecular flexibility index (Phi) is 5.91. The van der Waals surface area contributed by atoms with Gasteiger partial charge in [0.15, 0.2) is 0 Å². The molecule has 146 valence electrons. The molecule has 2 heterocycles. The number of hydrogen-bond acceptors (Lipinski definition) is 6. The van der Waals surface area contributed by atoms with Crippen LogP contribution >= 0.6 is 0 Å². The zero-order chi connectivity index (χ0) is 19.4. The number of nitrogens with zero attached hydrogens (tertiary/aromatic N) is 3. The second-order valence-corrected chi connectivity index (χ2v) is 8.63. The minimum Gasteiger partial charge on any atom is -0.345 e. The van der Waals surface area contributed by atoms with Crippen LogP contribution in [-0.2, 0) is 10.0 Å². The molecule has 2 aromatic rings. The van der Waals surface area contributed by atoms with Crippen molar-refractivity contribution in [1.29, 1.82) is 0 Å². The summed E-state index contributed by atoms with van der Waals surface area (Å²) in [6.45, 7) is 4.97. The van der Waals surface area contributed by atoms with Crippen LogP contribution < -0.4 is 5.32 Å². The molecule has 0 spiro atoms. The molecule has 1 aliphatic rings. The van der Waals surface area contributed by atoms with Crippen LogP contribution in [0.4, 0.5) is 0 Å². The largest absolute Gasteiger partial charge is 0.345 e. The summed E-state index contributed by atoms with van der Waals surface area (Å²) in [6, 6.07) is 6.33. The van der Waals surface area contributed by atoms with Crippen LogP contribution in [0.3, 0.4) is 0 Å². The van der Waals surface area contributed by atoms with E-state index in [0.717, 1.165) is 25.7 Å². The molecule has 1 atom stereocenters. The number of benzene rings is 1. The van der Waals surface area contributed by atoms with E-state index in [4.69, 9.17) is 4.52 Å². The van der Waals surface area contributed by atoms with Gasteiger partial charge in [-0.1, -0.05) is 18.5 Å². The number of carbonyl (C=O) groups excluding carboxylic acids is 1. The Morgan fingerprint density at radius 1 is 1.22 bits per heavy atom. The van der Waals surface area contributed by atoms with E-state index in [-0.39, 0.29) is 22.7 Å². The summed E-state index contributed by atoms with van der Waals surface area (Å²) in [5.74, 6) is -0.297. The Balaban J connectivity index is 1.75. The van der Waals surface area contributed by atoms with Crippen molar-refractivity contribution >= 4 is 15.9 Å². The summed E-state index contributed by atoms with van der Waals surface area (Å²) < 4.78 is 31.9. The van der Waals surface area contributed by atoms with Crippen LogP contribution in [0.15, 0.2) is 33.7 Å². The summed E-state index contributed by atoms with van der Waals surface area (Å²) in [5, 5.41) is 6.57. The first-order chi connectivity index (χ1) is 12.9. The van der Waals surface area contributed by atoms with Gasteiger partial charge in [0.2, 0.25) is 15.8 Å². The molecular weight excluding hydrogens is 368 g/mol. The Labute approximate surface area is 159 Å². The van der Waals surface area contributed by atoms with E-state index in [2.05, 4.69) is 15.5 Å². The smallest absolute Gasteiger partial charge is 0.316 e. The van der Waals surface area contributed by atoms with Gasteiger partial charge in [0.25, 0.3) is 0 Å².